The molecule has 6 heteroatoms. The van der Waals surface area contributed by atoms with Crippen molar-refractivity contribution in [2.45, 2.75) is 18.7 Å². The third-order valence-corrected chi connectivity index (χ3v) is 5.47. The maximum Gasteiger partial charge on any atom is 0.255 e. The zero-order valence-corrected chi connectivity index (χ0v) is 18.0. The first kappa shape index (κ1) is 21.5. The van der Waals surface area contributed by atoms with Crippen molar-refractivity contribution in [2.75, 3.05) is 23.5 Å². The Kier molecular flexibility index (Phi) is 7.14. The molecule has 0 radical (unpaired) electrons. The van der Waals surface area contributed by atoms with Gasteiger partial charge < -0.3 is 15.4 Å². The van der Waals surface area contributed by atoms with Crippen molar-refractivity contribution in [3.05, 3.63) is 83.4 Å². The number of carbonyl (C=O) groups excluding carboxylic acids is 2. The van der Waals surface area contributed by atoms with E-state index in [1.54, 1.807) is 31.4 Å². The summed E-state index contributed by atoms with van der Waals surface area (Å²) in [4.78, 5) is 25.7. The van der Waals surface area contributed by atoms with Gasteiger partial charge in [0.15, 0.2) is 0 Å². The van der Waals surface area contributed by atoms with Gasteiger partial charge in [-0.2, -0.15) is 0 Å². The first-order chi connectivity index (χ1) is 14.4. The van der Waals surface area contributed by atoms with Crippen LogP contribution in [-0.4, -0.2) is 24.7 Å². The molecule has 5 nitrogen and oxygen atoms in total. The highest BCUT2D eigenvalue weighted by Gasteiger charge is 2.09. The van der Waals surface area contributed by atoms with Crippen LogP contribution in [0.5, 0.6) is 5.75 Å². The van der Waals surface area contributed by atoms with Gasteiger partial charge in [-0.15, -0.1) is 11.8 Å². The SMILES string of the molecule is COc1ccc(C(=O)Nc2cccc(SCC(=O)Nc3cc(C)ccc3C)c2)cc1. The topological polar surface area (TPSA) is 67.4 Å². The molecule has 0 spiro atoms. The molecule has 0 aromatic heterocycles. The van der Waals surface area contributed by atoms with E-state index >= 15 is 0 Å². The molecule has 0 aliphatic carbocycles. The molecule has 0 unspecified atom stereocenters. The monoisotopic (exact) mass is 420 g/mol. The van der Waals surface area contributed by atoms with Gasteiger partial charge in [0.25, 0.3) is 5.91 Å². The van der Waals surface area contributed by atoms with Gasteiger partial charge in [-0.25, -0.2) is 0 Å². The van der Waals surface area contributed by atoms with E-state index in [2.05, 4.69) is 10.6 Å². The predicted molar refractivity (Wildman–Crippen MR) is 123 cm³/mol. The Morgan fingerprint density at radius 3 is 2.43 bits per heavy atom. The number of carbonyl (C=O) groups is 2. The average Bonchev–Trinajstić information content (AvgIpc) is 2.75. The van der Waals surface area contributed by atoms with Crippen LogP contribution in [0, 0.1) is 13.8 Å². The Labute approximate surface area is 180 Å². The van der Waals surface area contributed by atoms with Crippen LogP contribution in [0.15, 0.2) is 71.6 Å². The van der Waals surface area contributed by atoms with E-state index in [1.807, 2.05) is 56.3 Å². The molecule has 3 aromatic rings. The van der Waals surface area contributed by atoms with E-state index in [0.717, 1.165) is 21.7 Å². The normalized spacial score (nSPS) is 10.4. The molecular formula is C24H24N2O3S. The number of hydrogen-bond acceptors (Lipinski definition) is 4. The number of rotatable bonds is 7. The Morgan fingerprint density at radius 2 is 1.70 bits per heavy atom. The first-order valence-corrected chi connectivity index (χ1v) is 10.5. The van der Waals surface area contributed by atoms with E-state index in [-0.39, 0.29) is 17.6 Å². The highest BCUT2D eigenvalue weighted by Crippen LogP contribution is 2.23. The maximum atomic E-state index is 12.4. The van der Waals surface area contributed by atoms with Crippen LogP contribution in [0.1, 0.15) is 21.5 Å². The van der Waals surface area contributed by atoms with Gasteiger partial charge in [0.1, 0.15) is 5.75 Å². The summed E-state index contributed by atoms with van der Waals surface area (Å²) in [6.45, 7) is 3.97. The second-order valence-electron chi connectivity index (χ2n) is 6.87. The average molecular weight is 421 g/mol. The summed E-state index contributed by atoms with van der Waals surface area (Å²) in [5.41, 5.74) is 4.18. The molecule has 2 N–H and O–H groups in total. The molecule has 0 aliphatic heterocycles. The standard InChI is InChI=1S/C24H24N2O3S/c1-16-7-8-17(2)22(13-16)26-23(27)15-30-21-6-4-5-19(14-21)25-24(28)18-9-11-20(29-3)12-10-18/h4-14H,15H2,1-3H3,(H,25,28)(H,26,27). The second-order valence-corrected chi connectivity index (χ2v) is 7.91. The van der Waals surface area contributed by atoms with Crippen molar-refractivity contribution in [1.82, 2.24) is 0 Å². The summed E-state index contributed by atoms with van der Waals surface area (Å²) in [5, 5.41) is 5.84. The number of amides is 2. The van der Waals surface area contributed by atoms with Gasteiger partial charge in [0.2, 0.25) is 5.91 Å². The minimum atomic E-state index is -0.201. The Hall–Kier alpha value is -3.25. The summed E-state index contributed by atoms with van der Waals surface area (Å²) in [6, 6.07) is 20.3. The lowest BCUT2D eigenvalue weighted by Crippen LogP contribution is -2.15. The molecule has 2 amide bonds. The molecule has 3 rings (SSSR count). The molecule has 0 aliphatic rings. The third kappa shape index (κ3) is 5.87. The highest BCUT2D eigenvalue weighted by atomic mass is 32.2. The van der Waals surface area contributed by atoms with Crippen LogP contribution in [0.4, 0.5) is 11.4 Å². The van der Waals surface area contributed by atoms with E-state index in [1.165, 1.54) is 11.8 Å². The lowest BCUT2D eigenvalue weighted by Gasteiger charge is -2.10. The summed E-state index contributed by atoms with van der Waals surface area (Å²) in [5.74, 6) is 0.710. The van der Waals surface area contributed by atoms with E-state index < -0.39 is 0 Å². The van der Waals surface area contributed by atoms with Gasteiger partial charge in [-0.1, -0.05) is 18.2 Å². The lowest BCUT2D eigenvalue weighted by molar-refractivity contribution is -0.113. The fourth-order valence-corrected chi connectivity index (χ4v) is 3.57. The number of anilines is 2. The number of nitrogens with one attached hydrogen (secondary N) is 2. The molecular weight excluding hydrogens is 396 g/mol. The quantitative estimate of drug-likeness (QED) is 0.509. The number of hydrogen-bond donors (Lipinski definition) is 2. The van der Waals surface area contributed by atoms with Crippen molar-refractivity contribution in [1.29, 1.82) is 0 Å². The maximum absolute atomic E-state index is 12.4. The minimum absolute atomic E-state index is 0.0682. The number of ether oxygens (including phenoxy) is 1. The molecule has 0 bridgehead atoms. The van der Waals surface area contributed by atoms with Gasteiger partial charge in [-0.05, 0) is 73.5 Å². The van der Waals surface area contributed by atoms with E-state index in [4.69, 9.17) is 4.74 Å². The molecule has 0 heterocycles. The molecule has 30 heavy (non-hydrogen) atoms. The molecule has 0 saturated carbocycles. The van der Waals surface area contributed by atoms with Crippen molar-refractivity contribution in [2.24, 2.45) is 0 Å². The van der Waals surface area contributed by atoms with E-state index in [9.17, 15) is 9.59 Å². The van der Waals surface area contributed by atoms with Gasteiger partial charge in [0, 0.05) is 21.8 Å². The fourth-order valence-electron chi connectivity index (χ4n) is 2.81. The van der Waals surface area contributed by atoms with Gasteiger partial charge >= 0.3 is 0 Å². The number of methoxy groups -OCH3 is 1. The Bertz CT molecular complexity index is 1050. The molecule has 0 atom stereocenters. The lowest BCUT2D eigenvalue weighted by atomic mass is 10.1. The fraction of sp³-hybridized carbons (Fsp3) is 0.167. The third-order valence-electron chi connectivity index (χ3n) is 4.48. The largest absolute Gasteiger partial charge is 0.497 e. The number of thioether (sulfide) groups is 1. The smallest absolute Gasteiger partial charge is 0.255 e. The zero-order valence-electron chi connectivity index (χ0n) is 17.2. The van der Waals surface area contributed by atoms with Crippen molar-refractivity contribution in [3.8, 4) is 5.75 Å². The van der Waals surface area contributed by atoms with Crippen LogP contribution < -0.4 is 15.4 Å². The van der Waals surface area contributed by atoms with Gasteiger partial charge in [-0.3, -0.25) is 9.59 Å². The zero-order chi connectivity index (χ0) is 21.5. The van der Waals surface area contributed by atoms with Crippen molar-refractivity contribution in [3.63, 3.8) is 0 Å². The summed E-state index contributed by atoms with van der Waals surface area (Å²) >= 11 is 1.42. The summed E-state index contributed by atoms with van der Waals surface area (Å²) in [6.07, 6.45) is 0. The molecule has 0 saturated heterocycles. The van der Waals surface area contributed by atoms with Crippen molar-refractivity contribution >= 4 is 35.0 Å². The minimum Gasteiger partial charge on any atom is -0.497 e. The van der Waals surface area contributed by atoms with Crippen LogP contribution in [0.2, 0.25) is 0 Å². The molecule has 3 aromatic carbocycles. The second kappa shape index (κ2) is 9.98. The number of benzene rings is 3. The van der Waals surface area contributed by atoms with Crippen LogP contribution in [-0.2, 0) is 4.79 Å². The Balaban J connectivity index is 1.57. The number of aryl methyl sites for hydroxylation is 2. The van der Waals surface area contributed by atoms with Crippen LogP contribution in [0.25, 0.3) is 0 Å². The van der Waals surface area contributed by atoms with Crippen molar-refractivity contribution < 1.29 is 14.3 Å². The molecule has 0 fully saturated rings. The van der Waals surface area contributed by atoms with Gasteiger partial charge in [0.05, 0.1) is 12.9 Å². The first-order valence-electron chi connectivity index (χ1n) is 9.50. The van der Waals surface area contributed by atoms with Crippen LogP contribution in [0.3, 0.4) is 0 Å². The summed E-state index contributed by atoms with van der Waals surface area (Å²) < 4.78 is 5.11. The summed E-state index contributed by atoms with van der Waals surface area (Å²) in [7, 11) is 1.58. The predicted octanol–water partition coefficient (Wildman–Crippen LogP) is 5.30. The van der Waals surface area contributed by atoms with E-state index in [0.29, 0.717) is 17.0 Å². The highest BCUT2D eigenvalue weighted by molar-refractivity contribution is 8.00. The Morgan fingerprint density at radius 1 is 0.933 bits per heavy atom. The molecule has 154 valence electrons. The van der Waals surface area contributed by atoms with Crippen LogP contribution >= 0.6 is 11.8 Å².